The molecule has 1 aromatic carbocycles. The minimum absolute atomic E-state index is 0.0151. The van der Waals surface area contributed by atoms with Gasteiger partial charge in [0.1, 0.15) is 0 Å². The molecule has 0 saturated carbocycles. The average molecular weight is 278 g/mol. The number of aliphatic hydroxyl groups excluding tert-OH is 1. The van der Waals surface area contributed by atoms with Gasteiger partial charge in [-0.3, -0.25) is 4.79 Å². The Morgan fingerprint density at radius 1 is 1.15 bits per heavy atom. The molecule has 0 aliphatic carbocycles. The van der Waals surface area contributed by atoms with Crippen molar-refractivity contribution in [3.05, 3.63) is 29.8 Å². The normalized spacial score (nSPS) is 10.5. The zero-order chi connectivity index (χ0) is 14.8. The van der Waals surface area contributed by atoms with Gasteiger partial charge in [0.25, 0.3) is 0 Å². The first-order chi connectivity index (χ1) is 9.67. The lowest BCUT2D eigenvalue weighted by Crippen LogP contribution is -2.35. The highest BCUT2D eigenvalue weighted by Gasteiger charge is 2.13. The lowest BCUT2D eigenvalue weighted by Gasteiger charge is -2.22. The molecule has 3 N–H and O–H groups in total. The second-order valence-corrected chi connectivity index (χ2v) is 5.08. The van der Waals surface area contributed by atoms with Crippen molar-refractivity contribution in [3.8, 4) is 0 Å². The van der Waals surface area contributed by atoms with Gasteiger partial charge in [0.15, 0.2) is 0 Å². The maximum Gasteiger partial charge on any atom is 0.227 e. The van der Waals surface area contributed by atoms with Gasteiger partial charge >= 0.3 is 0 Å². The maximum atomic E-state index is 12.2. The molecule has 0 heterocycles. The Morgan fingerprint density at radius 2 is 1.85 bits per heavy atom. The Morgan fingerprint density at radius 3 is 2.45 bits per heavy atom. The highest BCUT2D eigenvalue weighted by Crippen LogP contribution is 2.09. The first-order valence-electron chi connectivity index (χ1n) is 7.40. The van der Waals surface area contributed by atoms with Crippen molar-refractivity contribution in [2.24, 2.45) is 0 Å². The lowest BCUT2D eigenvalue weighted by atomic mass is 10.1. The van der Waals surface area contributed by atoms with Crippen molar-refractivity contribution in [2.45, 2.75) is 39.0 Å². The summed E-state index contributed by atoms with van der Waals surface area (Å²) in [5.41, 5.74) is 7.29. The molecule has 0 aliphatic rings. The van der Waals surface area contributed by atoms with Gasteiger partial charge in [0.2, 0.25) is 5.91 Å². The molecule has 4 nitrogen and oxygen atoms in total. The molecular formula is C16H26N2O2. The number of carbonyl (C=O) groups excluding carboxylic acids is 1. The number of aliphatic hydroxyl groups is 1. The summed E-state index contributed by atoms with van der Waals surface area (Å²) in [6.45, 7) is 3.33. The fourth-order valence-corrected chi connectivity index (χ4v) is 2.13. The van der Waals surface area contributed by atoms with Crippen LogP contribution >= 0.6 is 0 Å². The monoisotopic (exact) mass is 278 g/mol. The number of anilines is 1. The van der Waals surface area contributed by atoms with Crippen LogP contribution in [-0.4, -0.2) is 35.6 Å². The van der Waals surface area contributed by atoms with Gasteiger partial charge in [0.05, 0.1) is 13.0 Å². The van der Waals surface area contributed by atoms with Crippen molar-refractivity contribution < 1.29 is 9.90 Å². The van der Waals surface area contributed by atoms with E-state index in [0.717, 1.165) is 24.9 Å². The Kier molecular flexibility index (Phi) is 7.73. The van der Waals surface area contributed by atoms with Crippen molar-refractivity contribution in [3.63, 3.8) is 0 Å². The van der Waals surface area contributed by atoms with E-state index >= 15 is 0 Å². The number of carbonyl (C=O) groups is 1. The van der Waals surface area contributed by atoms with Gasteiger partial charge in [-0.05, 0) is 24.1 Å². The van der Waals surface area contributed by atoms with Crippen LogP contribution in [0.5, 0.6) is 0 Å². The largest absolute Gasteiger partial charge is 0.399 e. The minimum Gasteiger partial charge on any atom is -0.399 e. The van der Waals surface area contributed by atoms with E-state index in [1.165, 1.54) is 12.8 Å². The minimum atomic E-state index is 0.0151. The summed E-state index contributed by atoms with van der Waals surface area (Å²) in [5, 5.41) is 9.08. The van der Waals surface area contributed by atoms with Gasteiger partial charge in [-0.25, -0.2) is 0 Å². The maximum absolute atomic E-state index is 12.2. The standard InChI is InChI=1S/C16H26N2O2/c1-2-3-4-5-10-18(11-12-19)16(20)13-14-6-8-15(17)9-7-14/h6-9,19H,2-5,10-13,17H2,1H3. The smallest absolute Gasteiger partial charge is 0.227 e. The number of nitrogens with two attached hydrogens (primary N) is 1. The van der Waals surface area contributed by atoms with Gasteiger partial charge < -0.3 is 15.7 Å². The van der Waals surface area contributed by atoms with Gasteiger partial charge in [-0.15, -0.1) is 0 Å². The molecule has 0 fully saturated rings. The first-order valence-corrected chi connectivity index (χ1v) is 7.40. The van der Waals surface area contributed by atoms with Crippen molar-refractivity contribution >= 4 is 11.6 Å². The Bertz CT molecular complexity index is 390. The number of unbranched alkanes of at least 4 members (excludes halogenated alkanes) is 3. The van der Waals surface area contributed by atoms with Crippen LogP contribution in [0.4, 0.5) is 5.69 Å². The van der Waals surface area contributed by atoms with E-state index < -0.39 is 0 Å². The summed E-state index contributed by atoms with van der Waals surface area (Å²) in [6, 6.07) is 7.36. The highest BCUT2D eigenvalue weighted by molar-refractivity contribution is 5.78. The SMILES string of the molecule is CCCCCCN(CCO)C(=O)Cc1ccc(N)cc1. The molecule has 0 radical (unpaired) electrons. The highest BCUT2D eigenvalue weighted by atomic mass is 16.3. The van der Waals surface area contributed by atoms with Crippen LogP contribution in [0, 0.1) is 0 Å². The molecule has 0 atom stereocenters. The van der Waals surface area contributed by atoms with Crippen LogP contribution in [0.15, 0.2) is 24.3 Å². The Hall–Kier alpha value is -1.55. The van der Waals surface area contributed by atoms with E-state index in [1.807, 2.05) is 12.1 Å². The molecule has 1 rings (SSSR count). The molecule has 0 unspecified atom stereocenters. The number of nitrogens with zero attached hydrogens (tertiary/aromatic N) is 1. The summed E-state index contributed by atoms with van der Waals surface area (Å²) in [6.07, 6.45) is 4.88. The van der Waals surface area contributed by atoms with E-state index in [1.54, 1.807) is 17.0 Å². The summed E-state index contributed by atoms with van der Waals surface area (Å²) < 4.78 is 0. The molecule has 20 heavy (non-hydrogen) atoms. The summed E-state index contributed by atoms with van der Waals surface area (Å²) >= 11 is 0. The molecule has 0 bridgehead atoms. The van der Waals surface area contributed by atoms with E-state index in [9.17, 15) is 4.79 Å². The number of nitrogen functional groups attached to an aromatic ring is 1. The van der Waals surface area contributed by atoms with Crippen LogP contribution in [0.3, 0.4) is 0 Å². The topological polar surface area (TPSA) is 66.6 Å². The molecule has 0 aliphatic heterocycles. The number of hydrogen-bond acceptors (Lipinski definition) is 3. The van der Waals surface area contributed by atoms with Crippen LogP contribution < -0.4 is 5.73 Å². The van der Waals surface area contributed by atoms with Crippen LogP contribution in [0.25, 0.3) is 0 Å². The van der Waals surface area contributed by atoms with E-state index in [2.05, 4.69) is 6.92 Å². The fourth-order valence-electron chi connectivity index (χ4n) is 2.13. The number of hydrogen-bond donors (Lipinski definition) is 2. The zero-order valence-electron chi connectivity index (χ0n) is 12.3. The van der Waals surface area contributed by atoms with Crippen molar-refractivity contribution in [2.75, 3.05) is 25.4 Å². The average Bonchev–Trinajstić information content (AvgIpc) is 2.44. The van der Waals surface area contributed by atoms with E-state index in [0.29, 0.717) is 18.7 Å². The zero-order valence-corrected chi connectivity index (χ0v) is 12.3. The lowest BCUT2D eigenvalue weighted by molar-refractivity contribution is -0.131. The van der Waals surface area contributed by atoms with E-state index in [4.69, 9.17) is 10.8 Å². The predicted molar refractivity (Wildman–Crippen MR) is 82.4 cm³/mol. The first kappa shape index (κ1) is 16.5. The van der Waals surface area contributed by atoms with Gasteiger partial charge in [-0.2, -0.15) is 0 Å². The van der Waals surface area contributed by atoms with Gasteiger partial charge in [0, 0.05) is 18.8 Å². The third kappa shape index (κ3) is 6.06. The number of amides is 1. The second kappa shape index (κ2) is 9.37. The Balaban J connectivity index is 2.48. The van der Waals surface area contributed by atoms with Crippen LogP contribution in [0.1, 0.15) is 38.2 Å². The second-order valence-electron chi connectivity index (χ2n) is 5.08. The third-order valence-corrected chi connectivity index (χ3v) is 3.34. The summed E-state index contributed by atoms with van der Waals surface area (Å²) in [5.74, 6) is 0.0697. The van der Waals surface area contributed by atoms with E-state index in [-0.39, 0.29) is 12.5 Å². The molecule has 112 valence electrons. The quantitative estimate of drug-likeness (QED) is 0.537. The third-order valence-electron chi connectivity index (χ3n) is 3.34. The van der Waals surface area contributed by atoms with Gasteiger partial charge in [-0.1, -0.05) is 38.3 Å². The summed E-state index contributed by atoms with van der Waals surface area (Å²) in [7, 11) is 0. The Labute approximate surface area is 121 Å². The molecule has 1 amide bonds. The fraction of sp³-hybridized carbons (Fsp3) is 0.562. The van der Waals surface area contributed by atoms with Crippen molar-refractivity contribution in [1.82, 2.24) is 4.90 Å². The molecule has 4 heteroatoms. The molecular weight excluding hydrogens is 252 g/mol. The number of benzene rings is 1. The molecule has 0 aromatic heterocycles. The molecule has 0 saturated heterocycles. The summed E-state index contributed by atoms with van der Waals surface area (Å²) in [4.78, 5) is 14.0. The predicted octanol–water partition coefficient (Wildman–Crippen LogP) is 2.21. The molecule has 1 aromatic rings. The van der Waals surface area contributed by atoms with Crippen molar-refractivity contribution in [1.29, 1.82) is 0 Å². The number of rotatable bonds is 9. The van der Waals surface area contributed by atoms with Crippen LogP contribution in [-0.2, 0) is 11.2 Å². The van der Waals surface area contributed by atoms with Crippen LogP contribution in [0.2, 0.25) is 0 Å². The molecule has 0 spiro atoms.